The summed E-state index contributed by atoms with van der Waals surface area (Å²) in [5, 5.41) is 1.28. The van der Waals surface area contributed by atoms with Gasteiger partial charge in [-0.15, -0.1) is 0 Å². The van der Waals surface area contributed by atoms with Crippen LogP contribution in [-0.2, 0) is 19.2 Å². The fourth-order valence-corrected chi connectivity index (χ4v) is 4.45. The number of nitrogens with zero attached hydrogens (tertiary/aromatic N) is 2. The molecule has 3 heterocycles. The van der Waals surface area contributed by atoms with Crippen molar-refractivity contribution in [3.63, 3.8) is 0 Å². The molecule has 2 saturated heterocycles. The standard InChI is InChI=1S/C23H18BrN3O5/c24-14-8-6-13(7-9-14)16-10-11-17(31-16)20-19-21(32-26(20)12-18(25)28)23(30)27(22(19)29)15-4-2-1-3-5-15/h1-11,19-21H,12H2,(H2,25,28). The number of rotatable bonds is 5. The molecule has 0 bridgehead atoms. The number of carbonyl (C=O) groups excluding carboxylic acids is 3. The number of amides is 3. The van der Waals surface area contributed by atoms with Crippen molar-refractivity contribution in [1.82, 2.24) is 5.06 Å². The molecule has 0 saturated carbocycles. The Morgan fingerprint density at radius 3 is 2.38 bits per heavy atom. The lowest BCUT2D eigenvalue weighted by Crippen LogP contribution is -2.40. The van der Waals surface area contributed by atoms with Crippen LogP contribution in [0.5, 0.6) is 0 Å². The topological polar surface area (TPSA) is 106 Å². The van der Waals surface area contributed by atoms with Gasteiger partial charge in [-0.05, 0) is 36.4 Å². The summed E-state index contributed by atoms with van der Waals surface area (Å²) in [6, 6.07) is 19.0. The Kier molecular flexibility index (Phi) is 5.16. The van der Waals surface area contributed by atoms with Gasteiger partial charge in [-0.25, -0.2) is 4.90 Å². The van der Waals surface area contributed by atoms with Gasteiger partial charge >= 0.3 is 0 Å². The number of benzene rings is 2. The first-order valence-electron chi connectivity index (χ1n) is 9.94. The Labute approximate surface area is 191 Å². The first-order valence-corrected chi connectivity index (χ1v) is 10.7. The summed E-state index contributed by atoms with van der Waals surface area (Å²) in [6.45, 7) is -0.280. The molecular formula is C23H18BrN3O5. The van der Waals surface area contributed by atoms with Crippen molar-refractivity contribution in [3.05, 3.63) is 77.0 Å². The van der Waals surface area contributed by atoms with E-state index in [2.05, 4.69) is 15.9 Å². The molecule has 2 fully saturated rings. The van der Waals surface area contributed by atoms with Crippen LogP contribution in [0.1, 0.15) is 11.8 Å². The Hall–Kier alpha value is -3.27. The van der Waals surface area contributed by atoms with Crippen LogP contribution in [0, 0.1) is 5.92 Å². The normalized spacial score (nSPS) is 23.0. The predicted octanol–water partition coefficient (Wildman–Crippen LogP) is 3.04. The third-order valence-electron chi connectivity index (χ3n) is 5.57. The minimum Gasteiger partial charge on any atom is -0.459 e. The van der Waals surface area contributed by atoms with E-state index in [4.69, 9.17) is 15.0 Å². The molecule has 1 aromatic heterocycles. The lowest BCUT2D eigenvalue weighted by atomic mass is 9.95. The molecule has 3 atom stereocenters. The zero-order valence-corrected chi connectivity index (χ0v) is 18.3. The Morgan fingerprint density at radius 1 is 0.969 bits per heavy atom. The molecule has 2 aliphatic heterocycles. The third kappa shape index (κ3) is 3.44. The summed E-state index contributed by atoms with van der Waals surface area (Å²) in [5.74, 6) is -1.41. The molecule has 162 valence electrons. The number of carbonyl (C=O) groups is 3. The SMILES string of the molecule is NC(=O)CN1OC2C(=O)N(c3ccccc3)C(=O)C2C1c1ccc(-c2ccc(Br)cc2)o1. The smallest absolute Gasteiger partial charge is 0.265 e. The second kappa shape index (κ2) is 8.01. The maximum absolute atomic E-state index is 13.4. The average Bonchev–Trinajstić information content (AvgIpc) is 3.44. The minimum atomic E-state index is -1.06. The number of imide groups is 1. The predicted molar refractivity (Wildman–Crippen MR) is 118 cm³/mol. The molecular weight excluding hydrogens is 478 g/mol. The van der Waals surface area contributed by atoms with Gasteiger partial charge < -0.3 is 10.2 Å². The molecule has 3 aromatic rings. The Balaban J connectivity index is 1.52. The number of furan rings is 1. The van der Waals surface area contributed by atoms with E-state index in [9.17, 15) is 14.4 Å². The van der Waals surface area contributed by atoms with Crippen LogP contribution in [0.15, 0.2) is 75.6 Å². The quantitative estimate of drug-likeness (QED) is 0.545. The average molecular weight is 496 g/mol. The highest BCUT2D eigenvalue weighted by molar-refractivity contribution is 9.10. The molecule has 2 aromatic carbocycles. The van der Waals surface area contributed by atoms with Crippen LogP contribution in [0.2, 0.25) is 0 Å². The summed E-state index contributed by atoms with van der Waals surface area (Å²) in [6.07, 6.45) is -1.06. The first-order chi connectivity index (χ1) is 15.4. The van der Waals surface area contributed by atoms with Gasteiger partial charge in [-0.2, -0.15) is 5.06 Å². The van der Waals surface area contributed by atoms with E-state index in [-0.39, 0.29) is 6.54 Å². The highest BCUT2D eigenvalue weighted by Crippen LogP contribution is 2.46. The molecule has 3 amide bonds. The highest BCUT2D eigenvalue weighted by Gasteiger charge is 2.61. The van der Waals surface area contributed by atoms with Gasteiger partial charge in [-0.1, -0.05) is 46.3 Å². The Bertz CT molecular complexity index is 1190. The minimum absolute atomic E-state index is 0.280. The number of para-hydroxylation sites is 1. The van der Waals surface area contributed by atoms with Crippen molar-refractivity contribution >= 4 is 39.3 Å². The summed E-state index contributed by atoms with van der Waals surface area (Å²) < 4.78 is 7.00. The van der Waals surface area contributed by atoms with Crippen LogP contribution in [0.3, 0.4) is 0 Å². The first kappa shape index (κ1) is 20.6. The maximum Gasteiger partial charge on any atom is 0.265 e. The van der Waals surface area contributed by atoms with E-state index in [1.165, 1.54) is 5.06 Å². The van der Waals surface area contributed by atoms with Gasteiger partial charge in [-0.3, -0.25) is 19.2 Å². The summed E-state index contributed by atoms with van der Waals surface area (Å²) >= 11 is 3.40. The number of hydroxylamine groups is 2. The molecule has 5 rings (SSSR count). The summed E-state index contributed by atoms with van der Waals surface area (Å²) in [5.41, 5.74) is 6.70. The van der Waals surface area contributed by atoms with Gasteiger partial charge in [0.1, 0.15) is 30.0 Å². The van der Waals surface area contributed by atoms with Gasteiger partial charge in [0.05, 0.1) is 5.69 Å². The van der Waals surface area contributed by atoms with Crippen LogP contribution in [0.4, 0.5) is 5.69 Å². The van der Waals surface area contributed by atoms with Gasteiger partial charge in [0.25, 0.3) is 5.91 Å². The summed E-state index contributed by atoms with van der Waals surface area (Å²) in [7, 11) is 0. The zero-order valence-electron chi connectivity index (χ0n) is 16.7. The lowest BCUT2D eigenvalue weighted by molar-refractivity contribution is -0.176. The number of nitrogens with two attached hydrogens (primary N) is 1. The number of anilines is 1. The lowest BCUT2D eigenvalue weighted by Gasteiger charge is -2.24. The van der Waals surface area contributed by atoms with Crippen molar-refractivity contribution in [3.8, 4) is 11.3 Å². The fraction of sp³-hybridized carbons (Fsp3) is 0.174. The number of fused-ring (bicyclic) bond motifs is 1. The number of primary amides is 1. The second-order valence-electron chi connectivity index (χ2n) is 7.59. The van der Waals surface area contributed by atoms with E-state index in [0.717, 1.165) is 14.9 Å². The van der Waals surface area contributed by atoms with Gasteiger partial charge in [0.15, 0.2) is 6.10 Å². The van der Waals surface area contributed by atoms with Crippen molar-refractivity contribution in [2.24, 2.45) is 11.7 Å². The number of hydrogen-bond acceptors (Lipinski definition) is 6. The molecule has 2 N–H and O–H groups in total. The molecule has 3 unspecified atom stereocenters. The van der Waals surface area contributed by atoms with Crippen LogP contribution in [-0.4, -0.2) is 35.4 Å². The fourth-order valence-electron chi connectivity index (χ4n) is 4.19. The molecule has 0 radical (unpaired) electrons. The number of halogens is 1. The van der Waals surface area contributed by atoms with E-state index in [1.54, 1.807) is 42.5 Å². The van der Waals surface area contributed by atoms with E-state index in [1.807, 2.05) is 24.3 Å². The van der Waals surface area contributed by atoms with Crippen LogP contribution >= 0.6 is 15.9 Å². The largest absolute Gasteiger partial charge is 0.459 e. The molecule has 32 heavy (non-hydrogen) atoms. The van der Waals surface area contributed by atoms with E-state index in [0.29, 0.717) is 17.2 Å². The van der Waals surface area contributed by atoms with Crippen molar-refractivity contribution in [1.29, 1.82) is 0 Å². The Morgan fingerprint density at radius 2 is 1.69 bits per heavy atom. The molecule has 0 spiro atoms. The maximum atomic E-state index is 13.4. The third-order valence-corrected chi connectivity index (χ3v) is 6.10. The number of hydrogen-bond donors (Lipinski definition) is 1. The van der Waals surface area contributed by atoms with Crippen molar-refractivity contribution in [2.75, 3.05) is 11.4 Å². The highest BCUT2D eigenvalue weighted by atomic mass is 79.9. The summed E-state index contributed by atoms with van der Waals surface area (Å²) in [4.78, 5) is 45.0. The van der Waals surface area contributed by atoms with Crippen LogP contribution < -0.4 is 10.6 Å². The van der Waals surface area contributed by atoms with Crippen LogP contribution in [0.25, 0.3) is 11.3 Å². The molecule has 9 heteroatoms. The van der Waals surface area contributed by atoms with Crippen molar-refractivity contribution < 1.29 is 23.6 Å². The monoisotopic (exact) mass is 495 g/mol. The molecule has 0 aliphatic carbocycles. The van der Waals surface area contributed by atoms with E-state index < -0.39 is 35.8 Å². The van der Waals surface area contributed by atoms with Crippen molar-refractivity contribution in [2.45, 2.75) is 12.1 Å². The molecule has 2 aliphatic rings. The van der Waals surface area contributed by atoms with E-state index >= 15 is 0 Å². The zero-order chi connectivity index (χ0) is 22.4. The van der Waals surface area contributed by atoms with Gasteiger partial charge in [0, 0.05) is 10.0 Å². The molecule has 8 nitrogen and oxygen atoms in total. The van der Waals surface area contributed by atoms with Gasteiger partial charge in [0.2, 0.25) is 11.8 Å². The second-order valence-corrected chi connectivity index (χ2v) is 8.51.